The Hall–Kier alpha value is -1.63. The van der Waals surface area contributed by atoms with E-state index in [1.807, 2.05) is 24.3 Å². The van der Waals surface area contributed by atoms with Crippen molar-refractivity contribution in [1.82, 2.24) is 14.7 Å². The van der Waals surface area contributed by atoms with Crippen molar-refractivity contribution in [3.05, 3.63) is 24.3 Å². The fourth-order valence-electron chi connectivity index (χ4n) is 4.34. The van der Waals surface area contributed by atoms with Crippen LogP contribution < -0.4 is 10.1 Å². The zero-order valence-corrected chi connectivity index (χ0v) is 17.0. The number of methoxy groups -OCH3 is 1. The van der Waals surface area contributed by atoms with Crippen LogP contribution in [-0.2, 0) is 4.79 Å². The normalized spacial score (nSPS) is 25.3. The molecule has 0 saturated carbocycles. The summed E-state index contributed by atoms with van der Waals surface area (Å²) in [5.41, 5.74) is 0.743. The second kappa shape index (κ2) is 9.53. The number of rotatable bonds is 6. The average molecular weight is 375 g/mol. The molecule has 0 bridgehead atoms. The summed E-state index contributed by atoms with van der Waals surface area (Å²) in [5, 5.41) is 2.97. The highest BCUT2D eigenvalue weighted by molar-refractivity contribution is 5.92. The fourth-order valence-corrected chi connectivity index (χ4v) is 4.34. The zero-order valence-electron chi connectivity index (χ0n) is 17.0. The largest absolute Gasteiger partial charge is 0.495 e. The van der Waals surface area contributed by atoms with Crippen molar-refractivity contribution in [3.8, 4) is 5.75 Å². The van der Waals surface area contributed by atoms with Crippen LogP contribution in [0.25, 0.3) is 0 Å². The van der Waals surface area contributed by atoms with Crippen LogP contribution in [0.1, 0.15) is 19.8 Å². The van der Waals surface area contributed by atoms with Crippen LogP contribution in [0.2, 0.25) is 0 Å². The van der Waals surface area contributed by atoms with E-state index in [-0.39, 0.29) is 5.91 Å². The molecule has 0 unspecified atom stereocenters. The molecule has 1 N–H and O–H groups in total. The number of carbonyl (C=O) groups is 1. The number of piperazine rings is 1. The number of carbonyl (C=O) groups excluding carboxylic acids is 1. The Morgan fingerprint density at radius 1 is 1.19 bits per heavy atom. The molecule has 3 rings (SSSR count). The number of benzene rings is 1. The third kappa shape index (κ3) is 5.43. The van der Waals surface area contributed by atoms with Crippen LogP contribution in [-0.4, -0.2) is 86.6 Å². The van der Waals surface area contributed by atoms with Crippen molar-refractivity contribution in [2.75, 3.05) is 65.3 Å². The van der Waals surface area contributed by atoms with Gasteiger partial charge in [-0.3, -0.25) is 9.69 Å². The monoisotopic (exact) mass is 374 g/mol. The molecule has 0 aliphatic carbocycles. The zero-order chi connectivity index (χ0) is 19.2. The van der Waals surface area contributed by atoms with Crippen LogP contribution in [0.3, 0.4) is 0 Å². The van der Waals surface area contributed by atoms with E-state index in [2.05, 4.69) is 34.0 Å². The molecular weight excluding hydrogens is 340 g/mol. The van der Waals surface area contributed by atoms with Crippen molar-refractivity contribution < 1.29 is 9.53 Å². The number of anilines is 1. The minimum atomic E-state index is 0.0494. The van der Waals surface area contributed by atoms with Crippen molar-refractivity contribution in [1.29, 1.82) is 0 Å². The summed E-state index contributed by atoms with van der Waals surface area (Å²) < 4.78 is 5.30. The molecule has 6 nitrogen and oxygen atoms in total. The quantitative estimate of drug-likeness (QED) is 0.825. The number of hydrogen-bond donors (Lipinski definition) is 1. The summed E-state index contributed by atoms with van der Waals surface area (Å²) in [6, 6.07) is 8.24. The predicted molar refractivity (Wildman–Crippen MR) is 109 cm³/mol. The second-order valence-electron chi connectivity index (χ2n) is 7.97. The minimum absolute atomic E-state index is 0.0494. The van der Waals surface area contributed by atoms with Crippen LogP contribution >= 0.6 is 0 Å². The van der Waals surface area contributed by atoms with Gasteiger partial charge >= 0.3 is 0 Å². The Bertz CT molecular complexity index is 616. The van der Waals surface area contributed by atoms with E-state index in [1.165, 1.54) is 32.6 Å². The molecule has 1 aromatic carbocycles. The third-order valence-electron chi connectivity index (χ3n) is 5.99. The highest BCUT2D eigenvalue weighted by Crippen LogP contribution is 2.25. The second-order valence-corrected chi connectivity index (χ2v) is 7.97. The van der Waals surface area contributed by atoms with Gasteiger partial charge in [-0.15, -0.1) is 0 Å². The molecule has 6 heteroatoms. The van der Waals surface area contributed by atoms with E-state index >= 15 is 0 Å². The van der Waals surface area contributed by atoms with Gasteiger partial charge in [0.1, 0.15) is 5.75 Å². The summed E-state index contributed by atoms with van der Waals surface area (Å²) in [4.78, 5) is 19.9. The number of para-hydroxylation sites is 2. The lowest BCUT2D eigenvalue weighted by Gasteiger charge is -2.45. The van der Waals surface area contributed by atoms with E-state index in [1.54, 1.807) is 7.11 Å². The van der Waals surface area contributed by atoms with Crippen LogP contribution in [0.4, 0.5) is 5.69 Å². The fraction of sp³-hybridized carbons (Fsp3) is 0.667. The summed E-state index contributed by atoms with van der Waals surface area (Å²) in [5.74, 6) is 1.40. The van der Waals surface area contributed by atoms with Gasteiger partial charge < -0.3 is 19.9 Å². The number of amides is 1. The smallest absolute Gasteiger partial charge is 0.225 e. The van der Waals surface area contributed by atoms with Gasteiger partial charge in [0, 0.05) is 51.7 Å². The first kappa shape index (κ1) is 20.1. The minimum Gasteiger partial charge on any atom is -0.495 e. The number of piperidine rings is 1. The third-order valence-corrected chi connectivity index (χ3v) is 5.99. The maximum absolute atomic E-state index is 12.3. The van der Waals surface area contributed by atoms with Gasteiger partial charge in [0.15, 0.2) is 0 Å². The van der Waals surface area contributed by atoms with Crippen LogP contribution in [0.15, 0.2) is 24.3 Å². The Morgan fingerprint density at radius 3 is 2.63 bits per heavy atom. The van der Waals surface area contributed by atoms with Crippen LogP contribution in [0.5, 0.6) is 5.75 Å². The van der Waals surface area contributed by atoms with E-state index < -0.39 is 0 Å². The van der Waals surface area contributed by atoms with Crippen molar-refractivity contribution >= 4 is 11.6 Å². The van der Waals surface area contributed by atoms with Crippen molar-refractivity contribution in [2.45, 2.75) is 25.8 Å². The molecule has 2 aliphatic rings. The van der Waals surface area contributed by atoms with E-state index in [0.29, 0.717) is 24.1 Å². The van der Waals surface area contributed by atoms with E-state index in [0.717, 1.165) is 25.3 Å². The van der Waals surface area contributed by atoms with Gasteiger partial charge in [-0.1, -0.05) is 19.1 Å². The molecule has 150 valence electrons. The lowest BCUT2D eigenvalue weighted by Crippen LogP contribution is -2.55. The van der Waals surface area contributed by atoms with Gasteiger partial charge in [-0.2, -0.15) is 0 Å². The van der Waals surface area contributed by atoms with Gasteiger partial charge in [0.2, 0.25) is 5.91 Å². The van der Waals surface area contributed by atoms with Gasteiger partial charge in [0.25, 0.3) is 0 Å². The molecule has 0 aromatic heterocycles. The molecule has 2 saturated heterocycles. The molecule has 0 radical (unpaired) electrons. The number of nitrogens with zero attached hydrogens (tertiary/aromatic N) is 3. The molecule has 2 aliphatic heterocycles. The summed E-state index contributed by atoms with van der Waals surface area (Å²) in [6.45, 7) is 10.1. The van der Waals surface area contributed by atoms with Gasteiger partial charge in [0.05, 0.1) is 12.8 Å². The predicted octanol–water partition coefficient (Wildman–Crippen LogP) is 1.98. The number of hydrogen-bond acceptors (Lipinski definition) is 5. The number of ether oxygens (including phenoxy) is 1. The Labute approximate surface area is 163 Å². The summed E-state index contributed by atoms with van der Waals surface area (Å²) >= 11 is 0. The topological polar surface area (TPSA) is 48.1 Å². The Balaban J connectivity index is 1.42. The summed E-state index contributed by atoms with van der Waals surface area (Å²) in [6.07, 6.45) is 1.73. The van der Waals surface area contributed by atoms with Crippen LogP contribution in [0, 0.1) is 5.92 Å². The Kier molecular flexibility index (Phi) is 7.10. The molecule has 1 amide bonds. The molecule has 2 atom stereocenters. The Morgan fingerprint density at radius 2 is 1.93 bits per heavy atom. The maximum atomic E-state index is 12.3. The lowest BCUT2D eigenvalue weighted by atomic mass is 9.91. The number of likely N-dealkylation sites (N-methyl/N-ethyl adjacent to an activating group) is 1. The lowest BCUT2D eigenvalue weighted by molar-refractivity contribution is -0.116. The molecular formula is C21H34N4O2. The maximum Gasteiger partial charge on any atom is 0.225 e. The molecule has 1 aromatic rings. The molecule has 0 spiro atoms. The standard InChI is InChI=1S/C21H34N4O2/c1-17-16-24(10-8-19(17)25-14-12-23(2)13-15-25)11-9-21(26)22-18-6-4-5-7-20(18)27-3/h4-7,17,19H,8-16H2,1-3H3,(H,22,26)/t17-,19+/m0/s1. The highest BCUT2D eigenvalue weighted by atomic mass is 16.5. The van der Waals surface area contributed by atoms with Crippen molar-refractivity contribution in [2.24, 2.45) is 5.92 Å². The number of likely N-dealkylation sites (tertiary alicyclic amines) is 1. The first-order valence-corrected chi connectivity index (χ1v) is 10.1. The molecule has 2 fully saturated rings. The van der Waals surface area contributed by atoms with Crippen molar-refractivity contribution in [3.63, 3.8) is 0 Å². The SMILES string of the molecule is COc1ccccc1NC(=O)CCN1CC[C@@H](N2CCN(C)CC2)[C@@H](C)C1. The van der Waals surface area contributed by atoms with E-state index in [4.69, 9.17) is 4.74 Å². The highest BCUT2D eigenvalue weighted by Gasteiger charge is 2.31. The van der Waals surface area contributed by atoms with E-state index in [9.17, 15) is 4.79 Å². The molecule has 2 heterocycles. The summed E-state index contributed by atoms with van der Waals surface area (Å²) in [7, 11) is 3.83. The molecule has 27 heavy (non-hydrogen) atoms. The first-order valence-electron chi connectivity index (χ1n) is 10.1. The average Bonchev–Trinajstić information content (AvgIpc) is 2.68. The number of nitrogens with one attached hydrogen (secondary N) is 1. The van der Waals surface area contributed by atoms with Gasteiger partial charge in [-0.25, -0.2) is 0 Å². The first-order chi connectivity index (χ1) is 13.1. The van der Waals surface area contributed by atoms with Gasteiger partial charge in [-0.05, 0) is 38.1 Å².